The highest BCUT2D eigenvalue weighted by atomic mass is 31.1. The maximum absolute atomic E-state index is 13.5. The Morgan fingerprint density at radius 3 is 0.735 bits per heavy atom. The molecule has 49 heavy (non-hydrogen) atoms. The standard InChI is InChI=1S/C35H24F12P2/c36-32(37,38)22-3-11-26(12-4-22)48(27-13-5-23(6-14-27)33(39,40)41)30-20-1-2-21(19-20)31(30)49(28-15-7-24(8-16-28)34(42,43)44)29-17-9-25(10-18-29)35(45,46)47/h1-18,20-21,30-31H,19H2/t20-,21+,30-,31-/m1/s1. The fourth-order valence-corrected chi connectivity index (χ4v) is 13.6. The molecule has 4 atom stereocenters. The van der Waals surface area contributed by atoms with Crippen molar-refractivity contribution in [2.75, 3.05) is 0 Å². The van der Waals surface area contributed by atoms with Gasteiger partial charge in [-0.1, -0.05) is 60.7 Å². The van der Waals surface area contributed by atoms with Gasteiger partial charge < -0.3 is 0 Å². The third-order valence-corrected chi connectivity index (χ3v) is 15.1. The average Bonchev–Trinajstić information content (AvgIpc) is 3.64. The van der Waals surface area contributed by atoms with Crippen LogP contribution in [-0.2, 0) is 24.7 Å². The van der Waals surface area contributed by atoms with E-state index in [0.717, 1.165) is 48.5 Å². The number of hydrogen-bond acceptors (Lipinski definition) is 0. The molecule has 0 aromatic heterocycles. The second kappa shape index (κ2) is 12.8. The van der Waals surface area contributed by atoms with E-state index in [1.807, 2.05) is 12.2 Å². The van der Waals surface area contributed by atoms with Crippen LogP contribution in [0.2, 0.25) is 0 Å². The van der Waals surface area contributed by atoms with Gasteiger partial charge >= 0.3 is 24.7 Å². The molecule has 0 nitrogen and oxygen atoms in total. The van der Waals surface area contributed by atoms with Crippen LogP contribution in [0.4, 0.5) is 52.7 Å². The number of rotatable bonds is 6. The van der Waals surface area contributed by atoms with Gasteiger partial charge in [0, 0.05) is 11.3 Å². The topological polar surface area (TPSA) is 0 Å². The van der Waals surface area contributed by atoms with Crippen molar-refractivity contribution in [2.24, 2.45) is 11.8 Å². The normalized spacial score (nSPS) is 21.3. The van der Waals surface area contributed by atoms with E-state index in [0.29, 0.717) is 27.6 Å². The van der Waals surface area contributed by atoms with Crippen LogP contribution in [0.5, 0.6) is 0 Å². The van der Waals surface area contributed by atoms with Crippen LogP contribution >= 0.6 is 15.8 Å². The van der Waals surface area contributed by atoms with Gasteiger partial charge in [-0.25, -0.2) is 0 Å². The molecule has 1 fully saturated rings. The van der Waals surface area contributed by atoms with E-state index in [1.54, 1.807) is 0 Å². The van der Waals surface area contributed by atoms with Crippen LogP contribution in [-0.4, -0.2) is 11.3 Å². The second-order valence-electron chi connectivity index (χ2n) is 11.8. The lowest BCUT2D eigenvalue weighted by atomic mass is 10.1. The lowest BCUT2D eigenvalue weighted by molar-refractivity contribution is -0.138. The molecule has 4 aromatic carbocycles. The Bertz CT molecular complexity index is 1540. The lowest BCUT2D eigenvalue weighted by Crippen LogP contribution is -2.38. The quantitative estimate of drug-likeness (QED) is 0.105. The fraction of sp³-hybridized carbons (Fsp3) is 0.257. The zero-order chi connectivity index (χ0) is 35.5. The van der Waals surface area contributed by atoms with Gasteiger partial charge in [-0.2, -0.15) is 52.7 Å². The van der Waals surface area contributed by atoms with Crippen molar-refractivity contribution >= 4 is 37.1 Å². The minimum atomic E-state index is -4.65. The highest BCUT2D eigenvalue weighted by Crippen LogP contribution is 2.64. The molecule has 0 aliphatic heterocycles. The van der Waals surface area contributed by atoms with Crippen molar-refractivity contribution in [2.45, 2.75) is 42.4 Å². The Labute approximate surface area is 275 Å². The van der Waals surface area contributed by atoms with Crippen LogP contribution in [0.25, 0.3) is 0 Å². The van der Waals surface area contributed by atoms with Gasteiger partial charge in [0.05, 0.1) is 22.3 Å². The summed E-state index contributed by atoms with van der Waals surface area (Å²) in [6.07, 6.45) is -14.1. The summed E-state index contributed by atoms with van der Waals surface area (Å²) >= 11 is 0. The third-order valence-electron chi connectivity index (χ3n) is 8.86. The summed E-state index contributed by atoms with van der Waals surface area (Å²) in [4.78, 5) is 0. The summed E-state index contributed by atoms with van der Waals surface area (Å²) in [6, 6.07) is 17.7. The Kier molecular flexibility index (Phi) is 9.23. The number of alkyl halides is 12. The molecular formula is C35H24F12P2. The van der Waals surface area contributed by atoms with E-state index in [2.05, 4.69) is 0 Å². The Morgan fingerprint density at radius 2 is 0.551 bits per heavy atom. The molecule has 6 rings (SSSR count). The van der Waals surface area contributed by atoms with E-state index in [9.17, 15) is 52.7 Å². The molecule has 0 amide bonds. The average molecular weight is 735 g/mol. The molecule has 258 valence electrons. The Hall–Kier alpha value is -3.36. The largest absolute Gasteiger partial charge is 0.416 e. The number of hydrogen-bond donors (Lipinski definition) is 0. The summed E-state index contributed by atoms with van der Waals surface area (Å²) in [5.74, 6) is -0.390. The van der Waals surface area contributed by atoms with Crippen molar-refractivity contribution in [1.29, 1.82) is 0 Å². The van der Waals surface area contributed by atoms with Crippen molar-refractivity contribution in [3.05, 3.63) is 131 Å². The maximum atomic E-state index is 13.5. The summed E-state index contributed by atoms with van der Waals surface area (Å²) < 4.78 is 162. The van der Waals surface area contributed by atoms with E-state index >= 15 is 0 Å². The van der Waals surface area contributed by atoms with Crippen LogP contribution in [0.3, 0.4) is 0 Å². The van der Waals surface area contributed by atoms with E-state index in [1.165, 1.54) is 48.5 Å². The summed E-state index contributed by atoms with van der Waals surface area (Å²) in [7, 11) is -3.39. The summed E-state index contributed by atoms with van der Waals surface area (Å²) in [6.45, 7) is 0. The van der Waals surface area contributed by atoms with Gasteiger partial charge in [-0.15, -0.1) is 0 Å². The molecule has 0 heterocycles. The van der Waals surface area contributed by atoms with Gasteiger partial charge in [0.1, 0.15) is 0 Å². The number of allylic oxidation sites excluding steroid dienone is 2. The lowest BCUT2D eigenvalue weighted by Gasteiger charge is -2.40. The SMILES string of the molecule is FC(F)(F)c1ccc(P(c2ccc(C(F)(F)F)cc2)[C@H]2[C@H](P(c3ccc(C(F)(F)F)cc3)c3ccc(C(F)(F)F)cc3)[C@H]3C=C[C@@H]2C3)cc1. The minimum absolute atomic E-state index is 0.195. The zero-order valence-corrected chi connectivity index (χ0v) is 26.6. The van der Waals surface area contributed by atoms with Gasteiger partial charge in [0.2, 0.25) is 0 Å². The van der Waals surface area contributed by atoms with Gasteiger partial charge in [-0.3, -0.25) is 0 Å². The van der Waals surface area contributed by atoms with E-state index in [4.69, 9.17) is 0 Å². The molecular weight excluding hydrogens is 710 g/mol. The molecule has 4 aromatic rings. The zero-order valence-electron chi connectivity index (χ0n) is 24.8. The van der Waals surface area contributed by atoms with Gasteiger partial charge in [0.15, 0.2) is 0 Å². The molecule has 1 saturated carbocycles. The predicted octanol–water partition coefficient (Wildman–Crippen LogP) is 10.3. The minimum Gasteiger partial charge on any atom is -0.166 e. The van der Waals surface area contributed by atoms with E-state index in [-0.39, 0.29) is 11.8 Å². The molecule has 0 saturated heterocycles. The first kappa shape index (κ1) is 35.5. The Balaban J connectivity index is 1.52. The smallest absolute Gasteiger partial charge is 0.166 e. The molecule has 14 heteroatoms. The molecule has 0 unspecified atom stereocenters. The van der Waals surface area contributed by atoms with Crippen molar-refractivity contribution < 1.29 is 52.7 Å². The van der Waals surface area contributed by atoms with Gasteiger partial charge in [0.25, 0.3) is 0 Å². The van der Waals surface area contributed by atoms with Crippen LogP contribution in [0.15, 0.2) is 109 Å². The van der Waals surface area contributed by atoms with E-state index < -0.39 is 74.1 Å². The van der Waals surface area contributed by atoms with Gasteiger partial charge in [-0.05, 0) is 104 Å². The van der Waals surface area contributed by atoms with Crippen LogP contribution in [0.1, 0.15) is 28.7 Å². The monoisotopic (exact) mass is 734 g/mol. The summed E-state index contributed by atoms with van der Waals surface area (Å²) in [5, 5.41) is 1.81. The second-order valence-corrected chi connectivity index (χ2v) is 16.6. The molecule has 0 spiro atoms. The molecule has 2 aliphatic carbocycles. The molecule has 0 N–H and O–H groups in total. The highest BCUT2D eigenvalue weighted by molar-refractivity contribution is 7.77. The third kappa shape index (κ3) is 7.27. The predicted molar refractivity (Wildman–Crippen MR) is 166 cm³/mol. The van der Waals surface area contributed by atoms with Crippen LogP contribution in [0, 0.1) is 11.8 Å². The highest BCUT2D eigenvalue weighted by Gasteiger charge is 2.52. The molecule has 0 radical (unpaired) electrons. The number of fused-ring (bicyclic) bond motifs is 2. The van der Waals surface area contributed by atoms with Crippen molar-refractivity contribution in [1.82, 2.24) is 0 Å². The maximum Gasteiger partial charge on any atom is 0.416 e. The molecule has 2 aliphatic rings. The number of halogens is 12. The molecule has 2 bridgehead atoms. The Morgan fingerprint density at radius 1 is 0.347 bits per heavy atom. The van der Waals surface area contributed by atoms with Crippen molar-refractivity contribution in [3.63, 3.8) is 0 Å². The first-order valence-electron chi connectivity index (χ1n) is 14.8. The van der Waals surface area contributed by atoms with Crippen molar-refractivity contribution in [3.8, 4) is 0 Å². The number of benzene rings is 4. The fourth-order valence-electron chi connectivity index (χ4n) is 6.69. The van der Waals surface area contributed by atoms with Crippen LogP contribution < -0.4 is 21.2 Å². The first-order chi connectivity index (χ1) is 22.8. The first-order valence-corrected chi connectivity index (χ1v) is 17.6. The summed E-state index contributed by atoms with van der Waals surface area (Å²) in [5.41, 5.74) is -4.51.